The van der Waals surface area contributed by atoms with Crippen molar-refractivity contribution in [1.29, 1.82) is 0 Å². The summed E-state index contributed by atoms with van der Waals surface area (Å²) in [5.41, 5.74) is 0. The molecule has 0 amide bonds. The summed E-state index contributed by atoms with van der Waals surface area (Å²) < 4.78 is 5.78. The molecule has 1 rings (SSSR count). The minimum atomic E-state index is 0. The molecule has 0 radical (unpaired) electrons. The molecule has 24 valence electrons. The van der Waals surface area contributed by atoms with Crippen molar-refractivity contribution in [3.8, 4) is 0 Å². The van der Waals surface area contributed by atoms with Crippen LogP contribution >= 0.6 is 0 Å². The first-order valence-electron chi connectivity index (χ1n) is 0.957. The number of nitrogens with one attached hydrogen (secondary N) is 2. The molecule has 4 N–H and O–H groups in total. The summed E-state index contributed by atoms with van der Waals surface area (Å²) in [7, 11) is 0. The molecule has 4 heavy (non-hydrogen) atoms. The molecular formula is H5AlN2O. The molecule has 1 fully saturated rings. The van der Waals surface area contributed by atoms with Gasteiger partial charge in [0.15, 0.2) is 0 Å². The predicted molar refractivity (Wildman–Crippen MR) is 17.0 cm³/mol. The second-order valence-corrected chi connectivity index (χ2v) is 1.59. The van der Waals surface area contributed by atoms with Crippen molar-refractivity contribution < 1.29 is 5.48 Å². The van der Waals surface area contributed by atoms with Gasteiger partial charge >= 0.3 is 15.7 Å². The van der Waals surface area contributed by atoms with Gasteiger partial charge in [0.05, 0.1) is 0 Å². The van der Waals surface area contributed by atoms with E-state index in [1.54, 1.807) is 0 Å². The first-order valence-corrected chi connectivity index (χ1v) is 2.37. The van der Waals surface area contributed by atoms with Crippen molar-refractivity contribution in [3.05, 3.63) is 0 Å². The molecule has 0 aromatic rings. The summed E-state index contributed by atoms with van der Waals surface area (Å²) in [4.78, 5) is 0. The molecule has 0 unspecified atom stereocenters. The molecule has 0 spiro atoms. The average molecular weight is 76.0 g/mol. The molecule has 4 heteroatoms. The minimum absolute atomic E-state index is 0. The van der Waals surface area contributed by atoms with Crippen LogP contribution in [0.4, 0.5) is 0 Å². The van der Waals surface area contributed by atoms with Crippen molar-refractivity contribution in [3.63, 3.8) is 0 Å². The van der Waals surface area contributed by atoms with Gasteiger partial charge in [0.1, 0.15) is 0 Å². The van der Waals surface area contributed by atoms with Crippen LogP contribution in [0.15, 0.2) is 0 Å². The van der Waals surface area contributed by atoms with E-state index in [9.17, 15) is 0 Å². The number of hydrazine groups is 1. The van der Waals surface area contributed by atoms with Crippen LogP contribution in [-0.2, 0) is 0 Å². The third-order valence-electron chi connectivity index (χ3n) is 0.177. The molecule has 1 aliphatic rings. The Morgan fingerprint density at radius 3 is 1.50 bits per heavy atom. The molecule has 0 aromatic heterocycles. The lowest BCUT2D eigenvalue weighted by atomic mass is 13.0. The van der Waals surface area contributed by atoms with E-state index in [0.29, 0.717) is 0 Å². The van der Waals surface area contributed by atoms with Crippen molar-refractivity contribution >= 4 is 15.7 Å². The molecule has 1 aliphatic heterocycles. The number of hydrogen-bond acceptors (Lipinski definition) is 2. The Morgan fingerprint density at radius 2 is 1.50 bits per heavy atom. The lowest BCUT2D eigenvalue weighted by Gasteiger charge is -1.34. The van der Waals surface area contributed by atoms with Gasteiger partial charge in [-0.05, 0) is 0 Å². The highest BCUT2D eigenvalue weighted by Gasteiger charge is 1.99. The Balaban J connectivity index is 0.0000000900. The molecule has 0 saturated carbocycles. The minimum Gasteiger partial charge on any atom is -0.412 e. The topological polar surface area (TPSA) is 75.4 Å². The summed E-state index contributed by atoms with van der Waals surface area (Å²) in [5.74, 6) is 0. The average Bonchev–Trinajstić information content (AvgIpc) is 1.46. The third-order valence-corrected chi connectivity index (χ3v) is 0.530. The Labute approximate surface area is 30.8 Å². The highest BCUT2D eigenvalue weighted by Crippen LogP contribution is 1.41. The van der Waals surface area contributed by atoms with Gasteiger partial charge in [0.25, 0.3) is 0 Å². The van der Waals surface area contributed by atoms with E-state index in [2.05, 4.69) is 8.82 Å². The molecule has 0 aliphatic carbocycles. The smallest absolute Gasteiger partial charge is 0.412 e. The highest BCUT2D eigenvalue weighted by atomic mass is 27.1. The van der Waals surface area contributed by atoms with E-state index in [-0.39, 0.29) is 21.1 Å². The molecule has 0 bridgehead atoms. The van der Waals surface area contributed by atoms with Gasteiger partial charge in [-0.15, -0.1) is 0 Å². The van der Waals surface area contributed by atoms with E-state index in [1.807, 2.05) is 0 Å². The molecule has 1 saturated heterocycles. The van der Waals surface area contributed by atoms with Crippen LogP contribution in [0.5, 0.6) is 0 Å². The lowest BCUT2D eigenvalue weighted by Crippen LogP contribution is -1.71. The second-order valence-electron chi connectivity index (χ2n) is 0.530. The number of hydrogen-bond donors (Lipinski definition) is 2. The van der Waals surface area contributed by atoms with Crippen LogP contribution in [0, 0.1) is 0 Å². The SMILES string of the molecule is O.[NH]1[NH][AlH]1. The quantitative estimate of drug-likeness (QED) is 0.248. The maximum Gasteiger partial charge on any atom is 0.483 e. The third kappa shape index (κ3) is 2.41. The van der Waals surface area contributed by atoms with Crippen LogP contribution in [0.2, 0.25) is 0 Å². The van der Waals surface area contributed by atoms with E-state index in [1.165, 1.54) is 0 Å². The monoisotopic (exact) mass is 76.0 g/mol. The van der Waals surface area contributed by atoms with Gasteiger partial charge in [0, 0.05) is 0 Å². The zero-order chi connectivity index (χ0) is 2.12. The van der Waals surface area contributed by atoms with E-state index >= 15 is 0 Å². The largest absolute Gasteiger partial charge is 0.483 e. The number of rotatable bonds is 0. The van der Waals surface area contributed by atoms with Crippen LogP contribution in [0.3, 0.4) is 0 Å². The fourth-order valence-corrected chi connectivity index (χ4v) is 0. The maximum absolute atomic E-state index is 2.89. The normalized spacial score (nSPS) is 16.0. The van der Waals surface area contributed by atoms with Gasteiger partial charge in [-0.3, -0.25) is 0 Å². The molecule has 0 aromatic carbocycles. The molecule has 1 heterocycles. The second kappa shape index (κ2) is 1.71. The van der Waals surface area contributed by atoms with Gasteiger partial charge in [0.2, 0.25) is 0 Å². The Kier molecular flexibility index (Phi) is 1.88. The van der Waals surface area contributed by atoms with Crippen molar-refractivity contribution in [2.24, 2.45) is 0 Å². The van der Waals surface area contributed by atoms with Crippen molar-refractivity contribution in [2.45, 2.75) is 0 Å². The van der Waals surface area contributed by atoms with Gasteiger partial charge in [-0.2, -0.15) is 0 Å². The predicted octanol–water partition coefficient (Wildman–Crippen LogP) is -2.46. The van der Waals surface area contributed by atoms with Crippen LogP contribution < -0.4 is 8.82 Å². The van der Waals surface area contributed by atoms with Gasteiger partial charge < -0.3 is 14.3 Å². The molecular weight excluding hydrogens is 71.0 g/mol. The summed E-state index contributed by atoms with van der Waals surface area (Å²) >= 11 is 0.167. The Morgan fingerprint density at radius 1 is 1.25 bits per heavy atom. The zero-order valence-corrected chi connectivity index (χ0v) is 3.62. The summed E-state index contributed by atoms with van der Waals surface area (Å²) in [5, 5.41) is 0. The Bertz CT molecular complexity index is 10.8. The molecule has 3 nitrogen and oxygen atoms in total. The van der Waals surface area contributed by atoms with Crippen molar-refractivity contribution in [2.75, 3.05) is 0 Å². The molecule has 0 atom stereocenters. The van der Waals surface area contributed by atoms with Crippen LogP contribution in [0.1, 0.15) is 0 Å². The van der Waals surface area contributed by atoms with Gasteiger partial charge in [-0.25, -0.2) is 0 Å². The van der Waals surface area contributed by atoms with Crippen LogP contribution in [0.25, 0.3) is 0 Å². The Hall–Kier alpha value is 0.412. The zero-order valence-electron chi connectivity index (χ0n) is 2.21. The van der Waals surface area contributed by atoms with E-state index < -0.39 is 0 Å². The summed E-state index contributed by atoms with van der Waals surface area (Å²) in [6.45, 7) is 0. The fraction of sp³-hybridized carbons (Fsp3) is 0. The lowest BCUT2D eigenvalue weighted by molar-refractivity contribution is 0.824. The highest BCUT2D eigenvalue weighted by molar-refractivity contribution is 6.38. The maximum atomic E-state index is 2.89. The first-order chi connectivity index (χ1) is 1.50. The standard InChI is InChI=1S/Al.H2N2.H2O.H/c;1-2;;/h;1-2H;1H2;/q+2;-2;;. The van der Waals surface area contributed by atoms with E-state index in [4.69, 9.17) is 0 Å². The fourth-order valence-electron chi connectivity index (χ4n) is 0. The first kappa shape index (κ1) is 4.41. The van der Waals surface area contributed by atoms with E-state index in [0.717, 1.165) is 0 Å². The van der Waals surface area contributed by atoms with Crippen LogP contribution in [-0.4, -0.2) is 21.1 Å². The van der Waals surface area contributed by atoms with Crippen molar-refractivity contribution in [1.82, 2.24) is 8.82 Å². The summed E-state index contributed by atoms with van der Waals surface area (Å²) in [6.07, 6.45) is 0. The van der Waals surface area contributed by atoms with Gasteiger partial charge in [-0.1, -0.05) is 0 Å². The summed E-state index contributed by atoms with van der Waals surface area (Å²) in [6, 6.07) is 0.